The molecule has 34 heavy (non-hydrogen) atoms. The van der Waals surface area contributed by atoms with Crippen molar-refractivity contribution in [2.24, 2.45) is 0 Å². The summed E-state index contributed by atoms with van der Waals surface area (Å²) in [4.78, 5) is 39.6. The van der Waals surface area contributed by atoms with Crippen molar-refractivity contribution in [1.82, 2.24) is 9.97 Å². The Morgan fingerprint density at radius 1 is 1.12 bits per heavy atom. The molecule has 0 radical (unpaired) electrons. The number of aryl methyl sites for hydroxylation is 1. The van der Waals surface area contributed by atoms with E-state index in [9.17, 15) is 9.59 Å². The van der Waals surface area contributed by atoms with Gasteiger partial charge in [-0.15, -0.1) is 0 Å². The first-order valence-corrected chi connectivity index (χ1v) is 12.1. The number of hydrogen-bond acceptors (Lipinski definition) is 7. The molecule has 2 aliphatic heterocycles. The Morgan fingerprint density at radius 3 is 2.56 bits per heavy atom. The average molecular weight is 461 g/mol. The van der Waals surface area contributed by atoms with Crippen molar-refractivity contribution >= 4 is 28.4 Å². The van der Waals surface area contributed by atoms with E-state index in [-0.39, 0.29) is 11.1 Å². The summed E-state index contributed by atoms with van der Waals surface area (Å²) in [5.41, 5.74) is 3.05. The van der Waals surface area contributed by atoms with E-state index in [2.05, 4.69) is 53.7 Å². The Balaban J connectivity index is 1.53. The highest BCUT2D eigenvalue weighted by Crippen LogP contribution is 2.43. The second kappa shape index (κ2) is 8.22. The zero-order chi connectivity index (χ0) is 24.2. The average Bonchev–Trinajstić information content (AvgIpc) is 2.81. The van der Waals surface area contributed by atoms with Crippen LogP contribution in [-0.4, -0.2) is 41.4 Å². The number of fused-ring (bicyclic) bond motifs is 2. The van der Waals surface area contributed by atoms with E-state index in [0.29, 0.717) is 28.7 Å². The molecule has 1 atom stereocenters. The smallest absolute Gasteiger partial charge is 0.347 e. The van der Waals surface area contributed by atoms with Crippen LogP contribution in [0.1, 0.15) is 79.6 Å². The van der Waals surface area contributed by atoms with Gasteiger partial charge in [-0.2, -0.15) is 0 Å². The number of hydrogen-bond donors (Lipinski definition) is 0. The molecular formula is C27H32N4O3. The van der Waals surface area contributed by atoms with E-state index in [4.69, 9.17) is 4.42 Å². The summed E-state index contributed by atoms with van der Waals surface area (Å²) in [6.45, 7) is 10.3. The fourth-order valence-electron chi connectivity index (χ4n) is 5.41. The Bertz CT molecular complexity index is 1340. The number of carbonyl (C=O) groups is 1. The number of anilines is 2. The second-order valence-corrected chi connectivity index (χ2v) is 10.4. The summed E-state index contributed by atoms with van der Waals surface area (Å²) < 4.78 is 5.66. The molecule has 5 rings (SSSR count). The van der Waals surface area contributed by atoms with E-state index in [1.165, 1.54) is 12.0 Å². The van der Waals surface area contributed by atoms with Gasteiger partial charge < -0.3 is 14.2 Å². The van der Waals surface area contributed by atoms with Crippen LogP contribution in [0.25, 0.3) is 11.0 Å². The van der Waals surface area contributed by atoms with E-state index in [1.54, 1.807) is 19.2 Å². The van der Waals surface area contributed by atoms with Crippen LogP contribution in [-0.2, 0) is 0 Å². The SMILES string of the molecule is Cc1nc(N2CCCCC2)ncc1C(=O)c1cc2cc3c(cc2oc1=O)N(C)C(C)(C)C[C@H]3C. The van der Waals surface area contributed by atoms with Gasteiger partial charge in [0.1, 0.15) is 11.1 Å². The van der Waals surface area contributed by atoms with Crippen molar-refractivity contribution in [2.75, 3.05) is 29.9 Å². The molecule has 0 saturated carbocycles. The summed E-state index contributed by atoms with van der Waals surface area (Å²) >= 11 is 0. The summed E-state index contributed by atoms with van der Waals surface area (Å²) in [7, 11) is 2.07. The zero-order valence-electron chi connectivity index (χ0n) is 20.6. The van der Waals surface area contributed by atoms with Gasteiger partial charge in [-0.3, -0.25) is 4.79 Å². The fraction of sp³-hybridized carbons (Fsp3) is 0.481. The summed E-state index contributed by atoms with van der Waals surface area (Å²) in [6.07, 6.45) is 6.03. The third-order valence-electron chi connectivity index (χ3n) is 7.58. The molecule has 1 aromatic carbocycles. The van der Waals surface area contributed by atoms with Crippen LogP contribution in [0.3, 0.4) is 0 Å². The van der Waals surface area contributed by atoms with Crippen LogP contribution in [0.4, 0.5) is 11.6 Å². The molecule has 0 bridgehead atoms. The number of nitrogens with zero attached hydrogens (tertiary/aromatic N) is 4. The predicted octanol–water partition coefficient (Wildman–Crippen LogP) is 4.83. The van der Waals surface area contributed by atoms with Gasteiger partial charge in [-0.25, -0.2) is 14.8 Å². The topological polar surface area (TPSA) is 79.5 Å². The van der Waals surface area contributed by atoms with Crippen LogP contribution < -0.4 is 15.4 Å². The number of aromatic nitrogens is 2. The molecule has 3 aromatic rings. The molecule has 1 saturated heterocycles. The number of rotatable bonds is 3. The van der Waals surface area contributed by atoms with Crippen molar-refractivity contribution in [1.29, 1.82) is 0 Å². The molecule has 2 aromatic heterocycles. The first-order chi connectivity index (χ1) is 16.2. The standard InChI is InChI=1S/C27H32N4O3/c1-16-14-27(3,4)30(5)22-13-23-18(11-19(16)22)12-20(25(33)34-23)24(32)21-15-28-26(29-17(21)2)31-9-7-6-8-10-31/h11-13,15-16H,6-10,14H2,1-5H3/t16-/m1/s1. The number of carbonyl (C=O) groups excluding carboxylic acids is 1. The molecule has 1 fully saturated rings. The van der Waals surface area contributed by atoms with Gasteiger partial charge in [0, 0.05) is 49.0 Å². The molecule has 7 nitrogen and oxygen atoms in total. The molecule has 0 amide bonds. The monoisotopic (exact) mass is 460 g/mol. The number of benzene rings is 1. The van der Waals surface area contributed by atoms with Crippen molar-refractivity contribution in [3.63, 3.8) is 0 Å². The molecule has 0 aliphatic carbocycles. The van der Waals surface area contributed by atoms with Gasteiger partial charge in [0.25, 0.3) is 0 Å². The van der Waals surface area contributed by atoms with E-state index in [1.807, 2.05) is 6.07 Å². The van der Waals surface area contributed by atoms with Crippen LogP contribution >= 0.6 is 0 Å². The Morgan fingerprint density at radius 2 is 1.85 bits per heavy atom. The van der Waals surface area contributed by atoms with Crippen molar-refractivity contribution in [3.8, 4) is 0 Å². The molecular weight excluding hydrogens is 428 g/mol. The Hall–Kier alpha value is -3.22. The van der Waals surface area contributed by atoms with Gasteiger partial charge in [-0.05, 0) is 70.1 Å². The second-order valence-electron chi connectivity index (χ2n) is 10.4. The maximum atomic E-state index is 13.3. The van der Waals surface area contributed by atoms with Crippen LogP contribution in [0.15, 0.2) is 33.6 Å². The maximum Gasteiger partial charge on any atom is 0.347 e. The van der Waals surface area contributed by atoms with Gasteiger partial charge in [0.15, 0.2) is 0 Å². The quantitative estimate of drug-likeness (QED) is 0.409. The minimum atomic E-state index is -0.636. The Labute approximate surface area is 199 Å². The lowest BCUT2D eigenvalue weighted by molar-refractivity contribution is 0.103. The normalized spacial score (nSPS) is 19.9. The minimum Gasteiger partial charge on any atom is -0.422 e. The van der Waals surface area contributed by atoms with Gasteiger partial charge in [-0.1, -0.05) is 6.92 Å². The minimum absolute atomic E-state index is 0.00812. The van der Waals surface area contributed by atoms with E-state index in [0.717, 1.165) is 43.4 Å². The van der Waals surface area contributed by atoms with Crippen molar-refractivity contribution in [3.05, 3.63) is 57.2 Å². The van der Waals surface area contributed by atoms with Crippen molar-refractivity contribution in [2.45, 2.75) is 64.8 Å². The highest BCUT2D eigenvalue weighted by molar-refractivity contribution is 6.10. The fourth-order valence-corrected chi connectivity index (χ4v) is 5.41. The first-order valence-electron chi connectivity index (χ1n) is 12.1. The maximum absolute atomic E-state index is 13.3. The molecule has 2 aliphatic rings. The summed E-state index contributed by atoms with van der Waals surface area (Å²) in [5.74, 6) is 0.601. The van der Waals surface area contributed by atoms with E-state index >= 15 is 0 Å². The largest absolute Gasteiger partial charge is 0.422 e. The summed E-state index contributed by atoms with van der Waals surface area (Å²) in [6, 6.07) is 5.65. The molecule has 178 valence electrons. The predicted molar refractivity (Wildman–Crippen MR) is 134 cm³/mol. The molecule has 4 heterocycles. The molecule has 0 unspecified atom stereocenters. The lowest BCUT2D eigenvalue weighted by atomic mass is 9.80. The number of ketones is 1. The lowest BCUT2D eigenvalue weighted by Gasteiger charge is -2.45. The van der Waals surface area contributed by atoms with Crippen LogP contribution in [0, 0.1) is 6.92 Å². The highest BCUT2D eigenvalue weighted by Gasteiger charge is 2.34. The van der Waals surface area contributed by atoms with Crippen LogP contribution in [0.5, 0.6) is 0 Å². The van der Waals surface area contributed by atoms with Gasteiger partial charge in [0.2, 0.25) is 11.7 Å². The van der Waals surface area contributed by atoms with E-state index < -0.39 is 11.4 Å². The van der Waals surface area contributed by atoms with Gasteiger partial charge in [0.05, 0.1) is 11.3 Å². The van der Waals surface area contributed by atoms with Crippen molar-refractivity contribution < 1.29 is 9.21 Å². The lowest BCUT2D eigenvalue weighted by Crippen LogP contribution is -2.45. The third-order valence-corrected chi connectivity index (χ3v) is 7.58. The van der Waals surface area contributed by atoms with Gasteiger partial charge >= 0.3 is 5.63 Å². The molecule has 0 spiro atoms. The zero-order valence-corrected chi connectivity index (χ0v) is 20.6. The molecule has 7 heteroatoms. The Kier molecular flexibility index (Phi) is 5.46. The van der Waals surface area contributed by atoms with Crippen LogP contribution in [0.2, 0.25) is 0 Å². The third kappa shape index (κ3) is 3.77. The highest BCUT2D eigenvalue weighted by atomic mass is 16.4. The summed E-state index contributed by atoms with van der Waals surface area (Å²) in [5, 5.41) is 0.755. The first kappa shape index (κ1) is 22.6. The molecule has 0 N–H and O–H groups in total. The number of piperidine rings is 1.